The Bertz CT molecular complexity index is 436. The summed E-state index contributed by atoms with van der Waals surface area (Å²) in [5.41, 5.74) is 7.98. The maximum atomic E-state index is 5.57. The third-order valence-electron chi connectivity index (χ3n) is 2.15. The molecule has 1 heterocycles. The van der Waals surface area contributed by atoms with Crippen LogP contribution in [0.1, 0.15) is 11.3 Å². The Balaban J connectivity index is 1.96. The first-order chi connectivity index (χ1) is 7.24. The smallest absolute Gasteiger partial charge is 0.180 e. The minimum atomic E-state index is 0.654. The number of nitrogen functional groups attached to an aromatic ring is 1. The number of halogens is 1. The van der Waals surface area contributed by atoms with Crippen molar-refractivity contribution in [3.63, 3.8) is 0 Å². The van der Waals surface area contributed by atoms with Crippen molar-refractivity contribution in [2.45, 2.75) is 12.8 Å². The van der Waals surface area contributed by atoms with Crippen molar-refractivity contribution >= 4 is 32.4 Å². The van der Waals surface area contributed by atoms with E-state index in [1.807, 2.05) is 5.38 Å². The number of aryl methyl sites for hydroxylation is 2. The maximum Gasteiger partial charge on any atom is 0.180 e. The molecular weight excluding hydrogens is 272 g/mol. The average molecular weight is 283 g/mol. The molecule has 2 nitrogen and oxygen atoms in total. The number of anilines is 1. The Hall–Kier alpha value is -0.870. The highest BCUT2D eigenvalue weighted by Crippen LogP contribution is 2.15. The first kappa shape index (κ1) is 10.6. The van der Waals surface area contributed by atoms with Crippen LogP contribution in [0, 0.1) is 0 Å². The van der Waals surface area contributed by atoms with Crippen molar-refractivity contribution < 1.29 is 0 Å². The highest BCUT2D eigenvalue weighted by Gasteiger charge is 1.99. The molecule has 0 atom stereocenters. The largest absolute Gasteiger partial charge is 0.375 e. The molecule has 4 heteroatoms. The highest BCUT2D eigenvalue weighted by molar-refractivity contribution is 9.10. The van der Waals surface area contributed by atoms with Crippen molar-refractivity contribution in [1.82, 2.24) is 4.98 Å². The van der Waals surface area contributed by atoms with Gasteiger partial charge in [0.25, 0.3) is 0 Å². The molecule has 2 rings (SSSR count). The van der Waals surface area contributed by atoms with Gasteiger partial charge >= 0.3 is 0 Å². The summed E-state index contributed by atoms with van der Waals surface area (Å²) >= 11 is 4.92. The van der Waals surface area contributed by atoms with Gasteiger partial charge in [-0.2, -0.15) is 0 Å². The normalized spacial score (nSPS) is 10.5. The first-order valence-corrected chi connectivity index (χ1v) is 6.35. The second-order valence-electron chi connectivity index (χ2n) is 3.30. The molecule has 0 saturated heterocycles. The number of aromatic nitrogens is 1. The SMILES string of the molecule is Nc1nc(CCc2ccc(Br)cc2)cs1. The number of nitrogens with zero attached hydrogens (tertiary/aromatic N) is 1. The molecular formula is C11H11BrN2S. The van der Waals surface area contributed by atoms with Crippen molar-refractivity contribution in [3.05, 3.63) is 45.4 Å². The fourth-order valence-corrected chi connectivity index (χ4v) is 2.22. The van der Waals surface area contributed by atoms with Crippen LogP contribution in [0.3, 0.4) is 0 Å². The van der Waals surface area contributed by atoms with Crippen LogP contribution in [0.4, 0.5) is 5.13 Å². The van der Waals surface area contributed by atoms with Gasteiger partial charge in [-0.25, -0.2) is 4.98 Å². The van der Waals surface area contributed by atoms with Gasteiger partial charge in [0, 0.05) is 9.85 Å². The van der Waals surface area contributed by atoms with Gasteiger partial charge in [-0.3, -0.25) is 0 Å². The van der Waals surface area contributed by atoms with E-state index in [1.54, 1.807) is 0 Å². The Kier molecular flexibility index (Phi) is 3.38. The zero-order valence-electron chi connectivity index (χ0n) is 8.11. The van der Waals surface area contributed by atoms with Gasteiger partial charge in [-0.1, -0.05) is 28.1 Å². The standard InChI is InChI=1S/C11H11BrN2S/c12-9-4-1-8(2-5-9)3-6-10-7-15-11(13)14-10/h1-2,4-5,7H,3,6H2,(H2,13,14). The predicted octanol–water partition coefficient (Wildman–Crippen LogP) is 3.27. The molecule has 0 bridgehead atoms. The van der Waals surface area contributed by atoms with Crippen LogP contribution in [0.25, 0.3) is 0 Å². The Morgan fingerprint density at radius 3 is 2.53 bits per heavy atom. The van der Waals surface area contributed by atoms with E-state index in [4.69, 9.17) is 5.73 Å². The first-order valence-electron chi connectivity index (χ1n) is 4.68. The second kappa shape index (κ2) is 4.77. The molecule has 2 aromatic rings. The number of thiazole rings is 1. The van der Waals surface area contributed by atoms with Gasteiger partial charge in [0.2, 0.25) is 0 Å². The van der Waals surface area contributed by atoms with Crippen LogP contribution in [-0.4, -0.2) is 4.98 Å². The third kappa shape index (κ3) is 3.04. The molecule has 0 amide bonds. The lowest BCUT2D eigenvalue weighted by molar-refractivity contribution is 0.927. The van der Waals surface area contributed by atoms with Crippen molar-refractivity contribution in [3.8, 4) is 0 Å². The van der Waals surface area contributed by atoms with Gasteiger partial charge in [0.05, 0.1) is 5.69 Å². The van der Waals surface area contributed by atoms with Gasteiger partial charge in [0.1, 0.15) is 0 Å². The van der Waals surface area contributed by atoms with Crippen LogP contribution in [0.15, 0.2) is 34.1 Å². The summed E-state index contributed by atoms with van der Waals surface area (Å²) in [6.45, 7) is 0. The molecule has 15 heavy (non-hydrogen) atoms. The minimum Gasteiger partial charge on any atom is -0.375 e. The van der Waals surface area contributed by atoms with E-state index in [0.717, 1.165) is 23.0 Å². The van der Waals surface area contributed by atoms with E-state index in [2.05, 4.69) is 45.2 Å². The summed E-state index contributed by atoms with van der Waals surface area (Å²) in [7, 11) is 0. The van der Waals surface area contributed by atoms with E-state index in [-0.39, 0.29) is 0 Å². The molecule has 0 saturated carbocycles. The summed E-state index contributed by atoms with van der Waals surface area (Å²) in [6.07, 6.45) is 1.96. The van der Waals surface area contributed by atoms with Gasteiger partial charge in [-0.05, 0) is 30.5 Å². The minimum absolute atomic E-state index is 0.654. The quantitative estimate of drug-likeness (QED) is 0.939. The van der Waals surface area contributed by atoms with Crippen LogP contribution < -0.4 is 5.73 Å². The lowest BCUT2D eigenvalue weighted by Crippen LogP contribution is -1.92. The lowest BCUT2D eigenvalue weighted by atomic mass is 10.1. The highest BCUT2D eigenvalue weighted by atomic mass is 79.9. The number of nitrogens with two attached hydrogens (primary N) is 1. The van der Waals surface area contributed by atoms with E-state index in [1.165, 1.54) is 16.9 Å². The van der Waals surface area contributed by atoms with Crippen LogP contribution >= 0.6 is 27.3 Å². The number of hydrogen-bond acceptors (Lipinski definition) is 3. The number of benzene rings is 1. The monoisotopic (exact) mass is 282 g/mol. The third-order valence-corrected chi connectivity index (χ3v) is 3.40. The Morgan fingerprint density at radius 1 is 1.20 bits per heavy atom. The summed E-state index contributed by atoms with van der Waals surface area (Å²) in [5, 5.41) is 2.68. The number of rotatable bonds is 3. The van der Waals surface area contributed by atoms with Crippen LogP contribution in [0.5, 0.6) is 0 Å². The van der Waals surface area contributed by atoms with Gasteiger partial charge < -0.3 is 5.73 Å². The van der Waals surface area contributed by atoms with Crippen molar-refractivity contribution in [2.75, 3.05) is 5.73 Å². The lowest BCUT2D eigenvalue weighted by Gasteiger charge is -1.99. The molecule has 0 spiro atoms. The van der Waals surface area contributed by atoms with Gasteiger partial charge in [0.15, 0.2) is 5.13 Å². The van der Waals surface area contributed by atoms with E-state index >= 15 is 0 Å². The van der Waals surface area contributed by atoms with E-state index in [9.17, 15) is 0 Å². The van der Waals surface area contributed by atoms with Crippen LogP contribution in [-0.2, 0) is 12.8 Å². The van der Waals surface area contributed by atoms with E-state index < -0.39 is 0 Å². The number of hydrogen-bond donors (Lipinski definition) is 1. The molecule has 0 radical (unpaired) electrons. The Labute approximate surface area is 101 Å². The molecule has 78 valence electrons. The topological polar surface area (TPSA) is 38.9 Å². The van der Waals surface area contributed by atoms with Crippen molar-refractivity contribution in [2.24, 2.45) is 0 Å². The zero-order valence-corrected chi connectivity index (χ0v) is 10.5. The van der Waals surface area contributed by atoms with Gasteiger partial charge in [-0.15, -0.1) is 11.3 Å². The molecule has 1 aromatic heterocycles. The Morgan fingerprint density at radius 2 is 1.93 bits per heavy atom. The summed E-state index contributed by atoms with van der Waals surface area (Å²) in [4.78, 5) is 4.23. The maximum absolute atomic E-state index is 5.57. The summed E-state index contributed by atoms with van der Waals surface area (Å²) in [6, 6.07) is 8.37. The molecule has 2 N–H and O–H groups in total. The van der Waals surface area contributed by atoms with Crippen molar-refractivity contribution in [1.29, 1.82) is 0 Å². The fraction of sp³-hybridized carbons (Fsp3) is 0.182. The summed E-state index contributed by atoms with van der Waals surface area (Å²) < 4.78 is 1.11. The summed E-state index contributed by atoms with van der Waals surface area (Å²) in [5.74, 6) is 0. The van der Waals surface area contributed by atoms with E-state index in [0.29, 0.717) is 5.13 Å². The van der Waals surface area contributed by atoms with Crippen LogP contribution in [0.2, 0.25) is 0 Å². The fourth-order valence-electron chi connectivity index (χ4n) is 1.36. The second-order valence-corrected chi connectivity index (χ2v) is 5.11. The molecule has 0 unspecified atom stereocenters. The average Bonchev–Trinajstić information content (AvgIpc) is 2.64. The molecule has 0 aliphatic heterocycles. The molecule has 0 fully saturated rings. The molecule has 1 aromatic carbocycles. The predicted molar refractivity (Wildman–Crippen MR) is 68.1 cm³/mol. The molecule has 0 aliphatic rings. The zero-order chi connectivity index (χ0) is 10.7. The molecule has 0 aliphatic carbocycles.